The third-order valence-corrected chi connectivity index (χ3v) is 7.25. The van der Waals surface area contributed by atoms with Gasteiger partial charge in [0.2, 0.25) is 0 Å². The smallest absolute Gasteiger partial charge is 0.116 e. The summed E-state index contributed by atoms with van der Waals surface area (Å²) < 4.78 is 10.7. The van der Waals surface area contributed by atoms with Gasteiger partial charge in [0.25, 0.3) is 0 Å². The molecule has 0 aliphatic heterocycles. The van der Waals surface area contributed by atoms with E-state index in [1.807, 2.05) is 0 Å². The van der Waals surface area contributed by atoms with E-state index in [0.29, 0.717) is 0 Å². The fourth-order valence-electron chi connectivity index (χ4n) is 4.59. The van der Waals surface area contributed by atoms with E-state index in [1.165, 1.54) is 26.6 Å². The lowest BCUT2D eigenvalue weighted by atomic mass is 9.82. The van der Waals surface area contributed by atoms with Gasteiger partial charge in [0.1, 0.15) is 7.67 Å². The van der Waals surface area contributed by atoms with Gasteiger partial charge in [-0.3, -0.25) is 0 Å². The van der Waals surface area contributed by atoms with E-state index in [1.54, 1.807) is 11.3 Å². The molecule has 0 spiro atoms. The van der Waals surface area contributed by atoms with Crippen LogP contribution in [0.15, 0.2) is 60.9 Å². The number of hydrogen-bond acceptors (Lipinski definition) is 3. The molecule has 0 bridgehead atoms. The Bertz CT molecular complexity index is 1520. The van der Waals surface area contributed by atoms with Gasteiger partial charge in [0.05, 0.1) is 15.9 Å². The van der Waals surface area contributed by atoms with Gasteiger partial charge < -0.3 is 0 Å². The first kappa shape index (κ1) is 19.9. The first-order valence-corrected chi connectivity index (χ1v) is 12.1. The highest BCUT2D eigenvalue weighted by molar-refractivity contribution is 7.26. The minimum Gasteiger partial charge on any atom is -0.235 e. The Labute approximate surface area is 195 Å². The van der Waals surface area contributed by atoms with Crippen LogP contribution < -0.4 is 0 Å². The summed E-state index contributed by atoms with van der Waals surface area (Å²) in [5, 5.41) is 3.60. The summed E-state index contributed by atoms with van der Waals surface area (Å²) in [5.74, 6) is 0. The molecule has 5 aromatic rings. The zero-order valence-corrected chi connectivity index (χ0v) is 20.5. The average molecular weight is 440 g/mol. The van der Waals surface area contributed by atoms with E-state index >= 15 is 0 Å². The zero-order chi connectivity index (χ0) is 23.5. The predicted molar refractivity (Wildman–Crippen MR) is 140 cm³/mol. The van der Waals surface area contributed by atoms with E-state index in [9.17, 15) is 0 Å². The second kappa shape index (κ2) is 7.38. The fraction of sp³-hybridized carbons (Fsp3) is 0.310. The van der Waals surface area contributed by atoms with Crippen molar-refractivity contribution in [3.8, 4) is 11.3 Å². The molecule has 0 unspecified atom stereocenters. The number of fused-ring (bicyclic) bond motifs is 4. The number of thiophene rings is 1. The molecule has 2 heterocycles. The molecule has 3 heteroatoms. The van der Waals surface area contributed by atoms with E-state index in [-0.39, 0.29) is 17.1 Å². The van der Waals surface area contributed by atoms with Gasteiger partial charge in [-0.1, -0.05) is 84.0 Å². The Morgan fingerprint density at radius 3 is 2.34 bits per heavy atom. The molecule has 2 nitrogen and oxygen atoms in total. The largest absolute Gasteiger partial charge is 0.235 e. The molecule has 32 heavy (non-hydrogen) atoms. The summed E-state index contributed by atoms with van der Waals surface area (Å²) >= 11 is 1.77. The van der Waals surface area contributed by atoms with Crippen LogP contribution in [0.25, 0.3) is 42.3 Å². The molecule has 0 amide bonds. The van der Waals surface area contributed by atoms with Crippen molar-refractivity contribution in [2.75, 3.05) is 0 Å². The van der Waals surface area contributed by atoms with Crippen molar-refractivity contribution >= 4 is 42.4 Å². The van der Waals surface area contributed by atoms with E-state index < -0.39 is 0 Å². The lowest BCUT2D eigenvalue weighted by molar-refractivity contribution is 0.413. The minimum absolute atomic E-state index is 0.00834. The lowest BCUT2D eigenvalue weighted by Crippen LogP contribution is -2.12. The van der Waals surface area contributed by atoms with Crippen molar-refractivity contribution in [3.05, 3.63) is 72.0 Å². The highest BCUT2D eigenvalue weighted by Gasteiger charge is 2.21. The third kappa shape index (κ3) is 3.69. The Hall–Kier alpha value is -2.78. The zero-order valence-electron chi connectivity index (χ0n) is 20.7. The van der Waals surface area contributed by atoms with Crippen molar-refractivity contribution in [3.63, 3.8) is 0 Å². The van der Waals surface area contributed by atoms with Crippen LogP contribution in [-0.2, 0) is 11.8 Å². The van der Waals surface area contributed by atoms with Crippen molar-refractivity contribution in [2.24, 2.45) is 5.41 Å². The second-order valence-corrected chi connectivity index (χ2v) is 12.0. The maximum absolute atomic E-state index is 8.40. The van der Waals surface area contributed by atoms with Gasteiger partial charge in [0.15, 0.2) is 0 Å². The van der Waals surface area contributed by atoms with Crippen LogP contribution in [0, 0.1) is 5.41 Å². The average Bonchev–Trinajstić information content (AvgIpc) is 3.10. The summed E-state index contributed by atoms with van der Waals surface area (Å²) in [6.07, 6.45) is 1.07. The highest BCUT2D eigenvalue weighted by atomic mass is 32.1. The second-order valence-electron chi connectivity index (χ2n) is 11.0. The molecule has 3 aromatic carbocycles. The topological polar surface area (TPSA) is 25.8 Å². The van der Waals surface area contributed by atoms with Gasteiger partial charge in [-0.15, -0.1) is 11.3 Å². The summed E-state index contributed by atoms with van der Waals surface area (Å²) in [4.78, 5) is 9.25. The normalized spacial score (nSPS) is 13.2. The van der Waals surface area contributed by atoms with Gasteiger partial charge in [-0.25, -0.2) is 9.97 Å². The van der Waals surface area contributed by atoms with Gasteiger partial charge in [0, 0.05) is 15.6 Å². The van der Waals surface area contributed by atoms with Crippen molar-refractivity contribution < 1.29 is 1.37 Å². The maximum Gasteiger partial charge on any atom is 0.116 e. The quantitative estimate of drug-likeness (QED) is 0.275. The molecule has 0 atom stereocenters. The molecule has 2 aromatic heterocycles. The molecule has 162 valence electrons. The number of hydrogen-bond donors (Lipinski definition) is 0. The fourth-order valence-corrected chi connectivity index (χ4v) is 5.85. The number of benzene rings is 3. The summed E-state index contributed by atoms with van der Waals surface area (Å²) in [7, 11) is 0. The van der Waals surface area contributed by atoms with Crippen LogP contribution in [0.3, 0.4) is 0 Å². The monoisotopic (exact) mass is 439 g/mol. The molecule has 0 fully saturated rings. The standard InChI is InChI=1S/C29H30N2S/c1-28(2,3)16-19-11-9-13-22-25-27(32-26(19)22)24(30-17-31-25)20-14-18-10-7-8-12-21(18)23(15-20)29(4,5)6/h7-15,17H,16H2,1-6H3/i17D. The van der Waals surface area contributed by atoms with Crippen molar-refractivity contribution in [1.82, 2.24) is 9.97 Å². The van der Waals surface area contributed by atoms with Crippen LogP contribution in [0.2, 0.25) is 0 Å². The van der Waals surface area contributed by atoms with E-state index in [4.69, 9.17) is 1.37 Å². The van der Waals surface area contributed by atoms with Crippen LogP contribution in [0.1, 0.15) is 54.0 Å². The van der Waals surface area contributed by atoms with Crippen LogP contribution >= 0.6 is 11.3 Å². The Balaban J connectivity index is 1.83. The van der Waals surface area contributed by atoms with Crippen molar-refractivity contribution in [1.29, 1.82) is 0 Å². The first-order chi connectivity index (χ1) is 15.5. The minimum atomic E-state index is -0.00834. The first-order valence-electron chi connectivity index (χ1n) is 11.7. The third-order valence-electron chi connectivity index (χ3n) is 5.97. The molecule has 0 aliphatic carbocycles. The molecule has 0 N–H and O–H groups in total. The maximum atomic E-state index is 8.40. The molecule has 0 saturated carbocycles. The summed E-state index contributed by atoms with van der Waals surface area (Å²) in [6.45, 7) is 13.6. The van der Waals surface area contributed by atoms with Crippen LogP contribution in [0.5, 0.6) is 0 Å². The van der Waals surface area contributed by atoms with Gasteiger partial charge in [-0.2, -0.15) is 0 Å². The van der Waals surface area contributed by atoms with Gasteiger partial charge >= 0.3 is 0 Å². The van der Waals surface area contributed by atoms with E-state index in [2.05, 4.69) is 106 Å². The molecular formula is C29H30N2S. The molecule has 0 radical (unpaired) electrons. The predicted octanol–water partition coefficient (Wildman–Crippen LogP) is 8.55. The SMILES string of the molecule is [2H]c1nc(-c2cc(C(C)(C)C)c3ccccc3c2)c2sc3c(CC(C)(C)C)cccc3c2n1. The molecule has 0 aliphatic rings. The van der Waals surface area contributed by atoms with Crippen LogP contribution in [-0.4, -0.2) is 9.97 Å². The summed E-state index contributed by atoms with van der Waals surface area (Å²) in [6, 6.07) is 19.5. The Morgan fingerprint density at radius 2 is 1.59 bits per heavy atom. The molecule has 5 rings (SSSR count). The summed E-state index contributed by atoms with van der Waals surface area (Å²) in [5.41, 5.74) is 5.64. The number of rotatable bonds is 2. The van der Waals surface area contributed by atoms with Crippen LogP contribution in [0.4, 0.5) is 0 Å². The Morgan fingerprint density at radius 1 is 0.844 bits per heavy atom. The number of aromatic nitrogens is 2. The highest BCUT2D eigenvalue weighted by Crippen LogP contribution is 2.42. The Kier molecular flexibility index (Phi) is 4.58. The molecular weight excluding hydrogens is 408 g/mol. The van der Waals surface area contributed by atoms with Crippen molar-refractivity contribution in [2.45, 2.75) is 53.4 Å². The number of nitrogens with zero attached hydrogens (tertiary/aromatic N) is 2. The van der Waals surface area contributed by atoms with Gasteiger partial charge in [-0.05, 0) is 51.3 Å². The lowest BCUT2D eigenvalue weighted by Gasteiger charge is -2.22. The van der Waals surface area contributed by atoms with E-state index in [0.717, 1.165) is 33.3 Å². The molecule has 0 saturated heterocycles.